The van der Waals surface area contributed by atoms with Crippen molar-refractivity contribution < 1.29 is 14.3 Å². The minimum atomic E-state index is -0.420. The first-order valence-corrected chi connectivity index (χ1v) is 10.3. The van der Waals surface area contributed by atoms with Gasteiger partial charge < -0.3 is 15.2 Å². The van der Waals surface area contributed by atoms with Crippen LogP contribution in [0.5, 0.6) is 5.75 Å². The number of likely N-dealkylation sites (tertiary alicyclic amines) is 1. The first kappa shape index (κ1) is 19.8. The Labute approximate surface area is 171 Å². The number of hydrogen-bond donors (Lipinski definition) is 1. The smallest absolute Gasteiger partial charge is 0.225 e. The number of carbonyl (C=O) groups is 1. The third-order valence-electron chi connectivity index (χ3n) is 5.85. The minimum absolute atomic E-state index is 0.0482. The highest BCUT2D eigenvalue weighted by Crippen LogP contribution is 2.30. The van der Waals surface area contributed by atoms with Gasteiger partial charge in [0, 0.05) is 31.7 Å². The van der Waals surface area contributed by atoms with Crippen LogP contribution in [-0.2, 0) is 16.0 Å². The molecular formula is C21H29N5O3. The van der Waals surface area contributed by atoms with Crippen LogP contribution in [-0.4, -0.2) is 65.0 Å². The van der Waals surface area contributed by atoms with Gasteiger partial charge in [0.05, 0.1) is 19.2 Å². The molecule has 2 N–H and O–H groups in total. The van der Waals surface area contributed by atoms with Crippen molar-refractivity contribution in [2.75, 3.05) is 33.4 Å². The molecule has 8 nitrogen and oxygen atoms in total. The van der Waals surface area contributed by atoms with E-state index in [1.54, 1.807) is 7.11 Å². The van der Waals surface area contributed by atoms with E-state index in [4.69, 9.17) is 20.2 Å². The summed E-state index contributed by atoms with van der Waals surface area (Å²) in [5, 5.41) is 4.61. The molecule has 0 radical (unpaired) electrons. The van der Waals surface area contributed by atoms with Gasteiger partial charge >= 0.3 is 0 Å². The molecule has 0 saturated carbocycles. The molecule has 1 amide bonds. The number of nitrogens with two attached hydrogens (primary N) is 1. The minimum Gasteiger partial charge on any atom is -0.497 e. The molecule has 1 atom stereocenters. The predicted octanol–water partition coefficient (Wildman–Crippen LogP) is 1.66. The molecule has 8 heteroatoms. The Morgan fingerprint density at radius 2 is 2.00 bits per heavy atom. The monoisotopic (exact) mass is 399 g/mol. The quantitative estimate of drug-likeness (QED) is 0.794. The number of ether oxygens (including phenoxy) is 2. The van der Waals surface area contributed by atoms with E-state index in [1.807, 2.05) is 28.9 Å². The lowest BCUT2D eigenvalue weighted by atomic mass is 9.94. The van der Waals surface area contributed by atoms with Crippen molar-refractivity contribution in [3.8, 4) is 11.4 Å². The van der Waals surface area contributed by atoms with Crippen molar-refractivity contribution >= 4 is 5.91 Å². The normalized spacial score (nSPS) is 21.2. The number of carbonyl (C=O) groups excluding carboxylic acids is 1. The van der Waals surface area contributed by atoms with Gasteiger partial charge in [0.25, 0.3) is 0 Å². The van der Waals surface area contributed by atoms with Gasteiger partial charge in [-0.05, 0) is 56.5 Å². The van der Waals surface area contributed by atoms with Crippen LogP contribution in [0.25, 0.3) is 5.69 Å². The average Bonchev–Trinajstić information content (AvgIpc) is 3.17. The Morgan fingerprint density at radius 3 is 2.69 bits per heavy atom. The van der Waals surface area contributed by atoms with Gasteiger partial charge in [-0.1, -0.05) is 0 Å². The van der Waals surface area contributed by atoms with Crippen molar-refractivity contribution in [1.82, 2.24) is 19.7 Å². The van der Waals surface area contributed by atoms with Gasteiger partial charge in [0.2, 0.25) is 5.91 Å². The van der Waals surface area contributed by atoms with Crippen LogP contribution >= 0.6 is 0 Å². The molecule has 0 aliphatic carbocycles. The molecule has 3 heterocycles. The highest BCUT2D eigenvalue weighted by atomic mass is 16.5. The number of nitrogens with zero attached hydrogens (tertiary/aromatic N) is 4. The summed E-state index contributed by atoms with van der Waals surface area (Å²) in [5.74, 6) is 2.02. The summed E-state index contributed by atoms with van der Waals surface area (Å²) in [6, 6.07) is 8.32. The number of rotatable bonds is 6. The molecule has 2 fully saturated rings. The Hall–Kier alpha value is -2.45. The Bertz CT molecular complexity index is 829. The van der Waals surface area contributed by atoms with Crippen molar-refractivity contribution in [1.29, 1.82) is 0 Å². The summed E-state index contributed by atoms with van der Waals surface area (Å²) >= 11 is 0. The van der Waals surface area contributed by atoms with Crippen LogP contribution in [0.1, 0.15) is 43.3 Å². The molecule has 0 bridgehead atoms. The lowest BCUT2D eigenvalue weighted by molar-refractivity contribution is -0.117. The molecule has 4 rings (SSSR count). The van der Waals surface area contributed by atoms with Crippen LogP contribution in [0, 0.1) is 0 Å². The van der Waals surface area contributed by atoms with Gasteiger partial charge in [0.1, 0.15) is 11.6 Å². The number of piperidine rings is 1. The van der Waals surface area contributed by atoms with Gasteiger partial charge in [0.15, 0.2) is 5.82 Å². The molecule has 1 aromatic carbocycles. The lowest BCUT2D eigenvalue weighted by Gasteiger charge is -2.39. The number of aromatic nitrogens is 3. The molecule has 2 saturated heterocycles. The van der Waals surface area contributed by atoms with E-state index in [0.29, 0.717) is 11.9 Å². The first-order valence-electron chi connectivity index (χ1n) is 10.3. The SMILES string of the molecule is COc1ccc(-n2nc(CC(N)=O)nc2C2CCCN(C3CCOCC3)C2)cc1. The number of hydrogen-bond acceptors (Lipinski definition) is 6. The van der Waals surface area contributed by atoms with Gasteiger partial charge in [-0.25, -0.2) is 9.67 Å². The molecule has 1 unspecified atom stereocenters. The molecule has 2 aliphatic heterocycles. The van der Waals surface area contributed by atoms with Crippen LogP contribution in [0.15, 0.2) is 24.3 Å². The first-order chi connectivity index (χ1) is 14.1. The maximum Gasteiger partial charge on any atom is 0.225 e. The van der Waals surface area contributed by atoms with Crippen molar-refractivity contribution in [3.63, 3.8) is 0 Å². The molecule has 2 aromatic rings. The number of benzene rings is 1. The molecular weight excluding hydrogens is 370 g/mol. The zero-order chi connectivity index (χ0) is 20.2. The Balaban J connectivity index is 1.61. The Kier molecular flexibility index (Phi) is 6.10. The zero-order valence-corrected chi connectivity index (χ0v) is 16.9. The Morgan fingerprint density at radius 1 is 1.24 bits per heavy atom. The molecule has 29 heavy (non-hydrogen) atoms. The fourth-order valence-electron chi connectivity index (χ4n) is 4.38. The second-order valence-electron chi connectivity index (χ2n) is 7.82. The van der Waals surface area contributed by atoms with E-state index in [9.17, 15) is 4.79 Å². The van der Waals surface area contributed by atoms with Crippen molar-refractivity contribution in [2.45, 2.75) is 44.1 Å². The van der Waals surface area contributed by atoms with Gasteiger partial charge in [-0.3, -0.25) is 9.69 Å². The van der Waals surface area contributed by atoms with Gasteiger partial charge in [-0.2, -0.15) is 5.10 Å². The van der Waals surface area contributed by atoms with Crippen LogP contribution in [0.2, 0.25) is 0 Å². The third-order valence-corrected chi connectivity index (χ3v) is 5.85. The van der Waals surface area contributed by atoms with Crippen LogP contribution in [0.3, 0.4) is 0 Å². The largest absolute Gasteiger partial charge is 0.497 e. The third kappa shape index (κ3) is 4.59. The average molecular weight is 399 g/mol. The molecule has 2 aliphatic rings. The fourth-order valence-corrected chi connectivity index (χ4v) is 4.38. The van der Waals surface area contributed by atoms with E-state index in [2.05, 4.69) is 10.00 Å². The summed E-state index contributed by atoms with van der Waals surface area (Å²) in [6.07, 6.45) is 4.41. The fraction of sp³-hybridized carbons (Fsp3) is 0.571. The summed E-state index contributed by atoms with van der Waals surface area (Å²) < 4.78 is 12.7. The van der Waals surface area contributed by atoms with E-state index in [0.717, 1.165) is 69.2 Å². The van der Waals surface area contributed by atoms with E-state index < -0.39 is 5.91 Å². The van der Waals surface area contributed by atoms with Crippen molar-refractivity contribution in [2.24, 2.45) is 5.73 Å². The summed E-state index contributed by atoms with van der Waals surface area (Å²) in [5.41, 5.74) is 6.30. The van der Waals surface area contributed by atoms with Crippen LogP contribution < -0.4 is 10.5 Å². The van der Waals surface area contributed by atoms with Crippen LogP contribution in [0.4, 0.5) is 0 Å². The number of primary amides is 1. The zero-order valence-electron chi connectivity index (χ0n) is 16.9. The number of amides is 1. The molecule has 156 valence electrons. The maximum atomic E-state index is 11.4. The predicted molar refractivity (Wildman–Crippen MR) is 108 cm³/mol. The highest BCUT2D eigenvalue weighted by Gasteiger charge is 2.31. The standard InChI is InChI=1S/C21H29N5O3/c1-28-18-6-4-17(5-7-18)26-21(23-20(24-26)13-19(22)27)15-3-2-10-25(14-15)16-8-11-29-12-9-16/h4-7,15-16H,2-3,8-14H2,1H3,(H2,22,27). The maximum absolute atomic E-state index is 11.4. The topological polar surface area (TPSA) is 95.5 Å². The highest BCUT2D eigenvalue weighted by molar-refractivity contribution is 5.75. The number of methoxy groups -OCH3 is 1. The second kappa shape index (κ2) is 8.92. The van der Waals surface area contributed by atoms with Crippen molar-refractivity contribution in [3.05, 3.63) is 35.9 Å². The summed E-state index contributed by atoms with van der Waals surface area (Å²) in [7, 11) is 1.65. The van der Waals surface area contributed by atoms with E-state index in [1.165, 1.54) is 0 Å². The molecule has 0 spiro atoms. The summed E-state index contributed by atoms with van der Waals surface area (Å²) in [4.78, 5) is 18.8. The summed E-state index contributed by atoms with van der Waals surface area (Å²) in [6.45, 7) is 3.76. The van der Waals surface area contributed by atoms with Gasteiger partial charge in [-0.15, -0.1) is 0 Å². The molecule has 1 aromatic heterocycles. The van der Waals surface area contributed by atoms with E-state index >= 15 is 0 Å². The lowest BCUT2D eigenvalue weighted by Crippen LogP contribution is -2.45. The second-order valence-corrected chi connectivity index (χ2v) is 7.82. The van der Waals surface area contributed by atoms with E-state index in [-0.39, 0.29) is 12.3 Å².